The summed E-state index contributed by atoms with van der Waals surface area (Å²) >= 11 is 0. The van der Waals surface area contributed by atoms with E-state index < -0.39 is 0 Å². The van der Waals surface area contributed by atoms with Crippen LogP contribution < -0.4 is 10.6 Å². The molecule has 0 aromatic carbocycles. The van der Waals surface area contributed by atoms with E-state index in [0.29, 0.717) is 31.3 Å². The second kappa shape index (κ2) is 11.7. The SMILES string of the molecule is CC(C)NC(C)CCCCNC(=O)CCCC(=O)C(C)C. The third-order valence-electron chi connectivity index (χ3n) is 3.47. The molecule has 0 bridgehead atoms. The van der Waals surface area contributed by atoms with Crippen LogP contribution in [-0.2, 0) is 9.59 Å². The largest absolute Gasteiger partial charge is 0.356 e. The molecule has 0 rings (SSSR count). The molecule has 4 heteroatoms. The Hall–Kier alpha value is -0.900. The van der Waals surface area contributed by atoms with Crippen LogP contribution in [0.1, 0.15) is 73.1 Å². The van der Waals surface area contributed by atoms with Crippen molar-refractivity contribution < 1.29 is 9.59 Å². The number of Topliss-reactive ketones (excluding diaryl/α,β-unsaturated/α-hetero) is 1. The smallest absolute Gasteiger partial charge is 0.220 e. The summed E-state index contributed by atoms with van der Waals surface area (Å²) in [6.07, 6.45) is 4.91. The lowest BCUT2D eigenvalue weighted by Crippen LogP contribution is -2.32. The van der Waals surface area contributed by atoms with Gasteiger partial charge in [-0.2, -0.15) is 0 Å². The molecular formula is C17H34N2O2. The third kappa shape index (κ3) is 12.5. The van der Waals surface area contributed by atoms with Crippen LogP contribution in [0.2, 0.25) is 0 Å². The summed E-state index contributed by atoms with van der Waals surface area (Å²) in [5, 5.41) is 6.40. The highest BCUT2D eigenvalue weighted by Gasteiger charge is 2.08. The van der Waals surface area contributed by atoms with Gasteiger partial charge in [-0.15, -0.1) is 0 Å². The van der Waals surface area contributed by atoms with Gasteiger partial charge in [0.05, 0.1) is 0 Å². The molecule has 0 aliphatic carbocycles. The Bertz CT molecular complexity index is 301. The van der Waals surface area contributed by atoms with Crippen LogP contribution in [0.25, 0.3) is 0 Å². The molecule has 0 aromatic heterocycles. The summed E-state index contributed by atoms with van der Waals surface area (Å²) in [7, 11) is 0. The molecule has 124 valence electrons. The van der Waals surface area contributed by atoms with Crippen LogP contribution in [0.5, 0.6) is 0 Å². The maximum absolute atomic E-state index is 11.6. The average molecular weight is 298 g/mol. The number of ketones is 1. The maximum atomic E-state index is 11.6. The van der Waals surface area contributed by atoms with Gasteiger partial charge in [-0.05, 0) is 26.2 Å². The second-order valence-corrected chi connectivity index (χ2v) is 6.54. The summed E-state index contributed by atoms with van der Waals surface area (Å²) in [6, 6.07) is 1.05. The molecule has 0 fully saturated rings. The normalized spacial score (nSPS) is 12.7. The number of nitrogens with one attached hydrogen (secondary N) is 2. The van der Waals surface area contributed by atoms with Crippen molar-refractivity contribution in [2.75, 3.05) is 6.54 Å². The monoisotopic (exact) mass is 298 g/mol. The second-order valence-electron chi connectivity index (χ2n) is 6.54. The predicted octanol–water partition coefficient (Wildman–Crippen LogP) is 3.05. The van der Waals surface area contributed by atoms with Crippen molar-refractivity contribution in [3.8, 4) is 0 Å². The van der Waals surface area contributed by atoms with Gasteiger partial charge in [-0.3, -0.25) is 9.59 Å². The van der Waals surface area contributed by atoms with E-state index in [9.17, 15) is 9.59 Å². The molecule has 1 amide bonds. The minimum absolute atomic E-state index is 0.0694. The summed E-state index contributed by atoms with van der Waals surface area (Å²) < 4.78 is 0. The lowest BCUT2D eigenvalue weighted by molar-refractivity contribution is -0.122. The molecule has 0 aliphatic heterocycles. The highest BCUT2D eigenvalue weighted by Crippen LogP contribution is 2.04. The topological polar surface area (TPSA) is 58.2 Å². The molecular weight excluding hydrogens is 264 g/mol. The van der Waals surface area contributed by atoms with Gasteiger partial charge in [0.25, 0.3) is 0 Å². The van der Waals surface area contributed by atoms with Crippen molar-refractivity contribution in [3.63, 3.8) is 0 Å². The number of rotatable bonds is 12. The van der Waals surface area contributed by atoms with E-state index in [1.165, 1.54) is 0 Å². The Balaban J connectivity index is 3.48. The first kappa shape index (κ1) is 20.1. The van der Waals surface area contributed by atoms with Gasteiger partial charge in [-0.25, -0.2) is 0 Å². The van der Waals surface area contributed by atoms with Gasteiger partial charge in [0.15, 0.2) is 0 Å². The van der Waals surface area contributed by atoms with Crippen LogP contribution in [-0.4, -0.2) is 30.3 Å². The number of hydrogen-bond acceptors (Lipinski definition) is 3. The van der Waals surface area contributed by atoms with Crippen LogP contribution in [0, 0.1) is 5.92 Å². The first-order valence-electron chi connectivity index (χ1n) is 8.38. The molecule has 0 aliphatic rings. The first-order chi connectivity index (χ1) is 9.82. The van der Waals surface area contributed by atoms with Gasteiger partial charge < -0.3 is 10.6 Å². The molecule has 21 heavy (non-hydrogen) atoms. The van der Waals surface area contributed by atoms with E-state index in [-0.39, 0.29) is 17.6 Å². The van der Waals surface area contributed by atoms with Gasteiger partial charge in [0.1, 0.15) is 5.78 Å². The van der Waals surface area contributed by atoms with Crippen molar-refractivity contribution in [1.29, 1.82) is 0 Å². The Morgan fingerprint density at radius 1 is 0.905 bits per heavy atom. The predicted molar refractivity (Wildman–Crippen MR) is 88.3 cm³/mol. The fraction of sp³-hybridized carbons (Fsp3) is 0.882. The summed E-state index contributed by atoms with van der Waals surface area (Å²) in [5.41, 5.74) is 0. The lowest BCUT2D eigenvalue weighted by Gasteiger charge is -2.16. The minimum Gasteiger partial charge on any atom is -0.356 e. The van der Waals surface area contributed by atoms with Crippen molar-refractivity contribution in [3.05, 3.63) is 0 Å². The highest BCUT2D eigenvalue weighted by atomic mass is 16.1. The number of amides is 1. The number of unbranched alkanes of at least 4 members (excludes halogenated alkanes) is 1. The molecule has 0 saturated heterocycles. The molecule has 0 spiro atoms. The number of carbonyl (C=O) groups is 2. The van der Waals surface area contributed by atoms with Gasteiger partial charge in [0, 0.05) is 37.4 Å². The maximum Gasteiger partial charge on any atom is 0.220 e. The highest BCUT2D eigenvalue weighted by molar-refractivity contribution is 5.81. The summed E-state index contributed by atoms with van der Waals surface area (Å²) in [4.78, 5) is 23.0. The fourth-order valence-corrected chi connectivity index (χ4v) is 2.26. The van der Waals surface area contributed by atoms with Crippen molar-refractivity contribution in [2.24, 2.45) is 5.92 Å². The van der Waals surface area contributed by atoms with E-state index in [1.807, 2.05) is 13.8 Å². The quantitative estimate of drug-likeness (QED) is 0.544. The first-order valence-corrected chi connectivity index (χ1v) is 8.38. The summed E-state index contributed by atoms with van der Waals surface area (Å²) in [5.74, 6) is 0.392. The van der Waals surface area contributed by atoms with E-state index in [2.05, 4.69) is 31.4 Å². The Kier molecular flexibility index (Phi) is 11.2. The van der Waals surface area contributed by atoms with E-state index >= 15 is 0 Å². The van der Waals surface area contributed by atoms with Gasteiger partial charge >= 0.3 is 0 Å². The van der Waals surface area contributed by atoms with Gasteiger partial charge in [-0.1, -0.05) is 34.1 Å². The van der Waals surface area contributed by atoms with Crippen molar-refractivity contribution in [2.45, 2.75) is 85.2 Å². The number of carbonyl (C=O) groups excluding carboxylic acids is 2. The fourth-order valence-electron chi connectivity index (χ4n) is 2.26. The van der Waals surface area contributed by atoms with Crippen molar-refractivity contribution in [1.82, 2.24) is 10.6 Å². The zero-order chi connectivity index (χ0) is 16.3. The zero-order valence-corrected chi connectivity index (χ0v) is 14.5. The van der Waals surface area contributed by atoms with E-state index in [1.54, 1.807) is 0 Å². The van der Waals surface area contributed by atoms with Crippen molar-refractivity contribution >= 4 is 11.7 Å². The molecule has 1 atom stereocenters. The minimum atomic E-state index is 0.0694. The standard InChI is InChI=1S/C17H34N2O2/c1-13(2)16(20)10-8-11-17(21)18-12-7-6-9-15(5)19-14(3)4/h13-15,19H,6-12H2,1-5H3,(H,18,21). The zero-order valence-electron chi connectivity index (χ0n) is 14.5. The van der Waals surface area contributed by atoms with Crippen LogP contribution >= 0.6 is 0 Å². The molecule has 1 unspecified atom stereocenters. The molecule has 4 nitrogen and oxygen atoms in total. The molecule has 0 heterocycles. The Morgan fingerprint density at radius 3 is 2.14 bits per heavy atom. The molecule has 2 N–H and O–H groups in total. The Morgan fingerprint density at radius 2 is 1.57 bits per heavy atom. The van der Waals surface area contributed by atoms with Crippen LogP contribution in [0.15, 0.2) is 0 Å². The lowest BCUT2D eigenvalue weighted by atomic mass is 10.0. The van der Waals surface area contributed by atoms with E-state index in [4.69, 9.17) is 0 Å². The molecule has 0 radical (unpaired) electrons. The molecule has 0 aromatic rings. The summed E-state index contributed by atoms with van der Waals surface area (Å²) in [6.45, 7) is 11.0. The average Bonchev–Trinajstić information content (AvgIpc) is 2.37. The third-order valence-corrected chi connectivity index (χ3v) is 3.47. The van der Waals surface area contributed by atoms with Crippen LogP contribution in [0.4, 0.5) is 0 Å². The van der Waals surface area contributed by atoms with Gasteiger partial charge in [0.2, 0.25) is 5.91 Å². The number of hydrogen-bond donors (Lipinski definition) is 2. The Labute approximate surface area is 130 Å². The van der Waals surface area contributed by atoms with E-state index in [0.717, 1.165) is 25.8 Å². The van der Waals surface area contributed by atoms with Crippen LogP contribution in [0.3, 0.4) is 0 Å². The molecule has 0 saturated carbocycles.